The van der Waals surface area contributed by atoms with Gasteiger partial charge >= 0.3 is 5.97 Å². The van der Waals surface area contributed by atoms with Crippen LogP contribution in [0.25, 0.3) is 10.2 Å². The number of hydrogen-bond donors (Lipinski definition) is 0. The Kier molecular flexibility index (Phi) is 2.82. The van der Waals surface area contributed by atoms with E-state index in [0.29, 0.717) is 15.8 Å². The zero-order valence-electron chi connectivity index (χ0n) is 8.24. The van der Waals surface area contributed by atoms with E-state index in [9.17, 15) is 13.6 Å². The first kappa shape index (κ1) is 10.9. The summed E-state index contributed by atoms with van der Waals surface area (Å²) in [7, 11) is 1.27. The highest BCUT2D eigenvalue weighted by atomic mass is 32.1. The summed E-state index contributed by atoms with van der Waals surface area (Å²) in [6, 6.07) is 4.54. The quantitative estimate of drug-likeness (QED) is 0.761. The molecule has 2 rings (SSSR count). The van der Waals surface area contributed by atoms with Crippen molar-refractivity contribution < 1.29 is 18.3 Å². The van der Waals surface area contributed by atoms with Gasteiger partial charge in [-0.25, -0.2) is 18.6 Å². The first-order valence-corrected chi connectivity index (χ1v) is 5.20. The van der Waals surface area contributed by atoms with Gasteiger partial charge in [0.2, 0.25) is 0 Å². The fraction of sp³-hybridized carbons (Fsp3) is 0.200. The molecule has 16 heavy (non-hydrogen) atoms. The number of carbonyl (C=O) groups is 1. The Bertz CT molecular complexity index is 539. The van der Waals surface area contributed by atoms with Crippen LogP contribution < -0.4 is 0 Å². The van der Waals surface area contributed by atoms with Gasteiger partial charge in [0.15, 0.2) is 5.01 Å². The highest BCUT2D eigenvalue weighted by molar-refractivity contribution is 7.18. The van der Waals surface area contributed by atoms with Crippen molar-refractivity contribution in [3.8, 4) is 0 Å². The van der Waals surface area contributed by atoms with E-state index in [1.54, 1.807) is 0 Å². The number of methoxy groups -OCH3 is 1. The summed E-state index contributed by atoms with van der Waals surface area (Å²) in [4.78, 5) is 15.0. The predicted molar refractivity (Wildman–Crippen MR) is 55.9 cm³/mol. The van der Waals surface area contributed by atoms with Crippen LogP contribution in [0.15, 0.2) is 18.2 Å². The molecule has 0 unspecified atom stereocenters. The zero-order chi connectivity index (χ0) is 11.7. The number of benzene rings is 1. The molecule has 0 aliphatic heterocycles. The van der Waals surface area contributed by atoms with Gasteiger partial charge in [-0.2, -0.15) is 0 Å². The molecule has 1 aromatic carbocycles. The molecule has 84 valence electrons. The maximum Gasteiger partial charge on any atom is 0.337 e. The van der Waals surface area contributed by atoms with Crippen molar-refractivity contribution in [2.45, 2.75) is 6.43 Å². The van der Waals surface area contributed by atoms with Crippen LogP contribution in [0.3, 0.4) is 0 Å². The van der Waals surface area contributed by atoms with E-state index in [2.05, 4.69) is 9.72 Å². The molecule has 0 radical (unpaired) electrons. The lowest BCUT2D eigenvalue weighted by atomic mass is 10.2. The van der Waals surface area contributed by atoms with Crippen molar-refractivity contribution in [2.24, 2.45) is 0 Å². The number of halogens is 2. The molecule has 0 aliphatic rings. The van der Waals surface area contributed by atoms with Crippen molar-refractivity contribution in [1.82, 2.24) is 4.98 Å². The van der Waals surface area contributed by atoms with Crippen LogP contribution in [0.4, 0.5) is 8.78 Å². The van der Waals surface area contributed by atoms with Crippen LogP contribution in [0.2, 0.25) is 0 Å². The number of carbonyl (C=O) groups excluding carboxylic acids is 1. The summed E-state index contributed by atoms with van der Waals surface area (Å²) in [6.45, 7) is 0. The van der Waals surface area contributed by atoms with Gasteiger partial charge in [-0.15, -0.1) is 11.3 Å². The molecule has 2 aromatic rings. The largest absolute Gasteiger partial charge is 0.465 e. The standard InChI is InChI=1S/C10H7F2NO2S/c1-15-10(14)5-2-3-6-7(4-5)16-9(13-6)8(11)12/h2-4,8H,1H3. The van der Waals surface area contributed by atoms with E-state index in [-0.39, 0.29) is 5.01 Å². The van der Waals surface area contributed by atoms with Gasteiger partial charge in [-0.05, 0) is 18.2 Å². The SMILES string of the molecule is COC(=O)c1ccc2nc(C(F)F)sc2c1. The first-order valence-electron chi connectivity index (χ1n) is 4.39. The van der Waals surface area contributed by atoms with E-state index in [1.165, 1.54) is 25.3 Å². The van der Waals surface area contributed by atoms with E-state index in [1.807, 2.05) is 0 Å². The third kappa shape index (κ3) is 1.88. The molecular weight excluding hydrogens is 236 g/mol. The van der Waals surface area contributed by atoms with E-state index < -0.39 is 12.4 Å². The monoisotopic (exact) mass is 243 g/mol. The summed E-state index contributed by atoms with van der Waals surface area (Å²) in [5.41, 5.74) is 0.799. The smallest absolute Gasteiger partial charge is 0.337 e. The molecule has 0 aliphatic carbocycles. The molecule has 0 spiro atoms. The van der Waals surface area contributed by atoms with E-state index in [0.717, 1.165) is 11.3 Å². The van der Waals surface area contributed by atoms with Gasteiger partial charge in [-0.3, -0.25) is 0 Å². The molecule has 0 saturated carbocycles. The van der Waals surface area contributed by atoms with Crippen molar-refractivity contribution in [3.63, 3.8) is 0 Å². The summed E-state index contributed by atoms with van der Waals surface area (Å²) >= 11 is 0.879. The summed E-state index contributed by atoms with van der Waals surface area (Å²) in [5, 5.41) is -0.239. The lowest BCUT2D eigenvalue weighted by molar-refractivity contribution is 0.0601. The number of ether oxygens (including phenoxy) is 1. The molecule has 0 atom stereocenters. The summed E-state index contributed by atoms with van der Waals surface area (Å²) < 4.78 is 29.9. The van der Waals surface area contributed by atoms with Crippen LogP contribution in [0.5, 0.6) is 0 Å². The van der Waals surface area contributed by atoms with Crippen molar-refractivity contribution in [2.75, 3.05) is 7.11 Å². The molecule has 0 bridgehead atoms. The highest BCUT2D eigenvalue weighted by Crippen LogP contribution is 2.29. The Morgan fingerprint density at radius 1 is 1.50 bits per heavy atom. The molecule has 1 heterocycles. The van der Waals surface area contributed by atoms with E-state index in [4.69, 9.17) is 0 Å². The predicted octanol–water partition coefficient (Wildman–Crippen LogP) is 3.02. The number of rotatable bonds is 2. The maximum absolute atomic E-state index is 12.4. The fourth-order valence-corrected chi connectivity index (χ4v) is 2.14. The lowest BCUT2D eigenvalue weighted by Crippen LogP contribution is -1.99. The van der Waals surface area contributed by atoms with Gasteiger partial charge in [-0.1, -0.05) is 0 Å². The average molecular weight is 243 g/mol. The number of esters is 1. The van der Waals surface area contributed by atoms with Crippen molar-refractivity contribution in [3.05, 3.63) is 28.8 Å². The number of fused-ring (bicyclic) bond motifs is 1. The summed E-state index contributed by atoms with van der Waals surface area (Å²) in [5.74, 6) is -0.492. The van der Waals surface area contributed by atoms with Crippen LogP contribution in [-0.4, -0.2) is 18.1 Å². The third-order valence-corrected chi connectivity index (χ3v) is 3.04. The van der Waals surface area contributed by atoms with E-state index >= 15 is 0 Å². The Labute approximate surface area is 93.7 Å². The van der Waals surface area contributed by atoms with Gasteiger partial charge < -0.3 is 4.74 Å². The molecule has 1 aromatic heterocycles. The first-order chi connectivity index (χ1) is 7.61. The van der Waals surface area contributed by atoms with Gasteiger partial charge in [0.05, 0.1) is 22.9 Å². The fourth-order valence-electron chi connectivity index (χ4n) is 1.28. The second-order valence-electron chi connectivity index (χ2n) is 3.03. The molecule has 0 fully saturated rings. The second kappa shape index (κ2) is 4.13. The molecular formula is C10H7F2NO2S. The minimum absolute atomic E-state index is 0.239. The highest BCUT2D eigenvalue weighted by Gasteiger charge is 2.14. The Morgan fingerprint density at radius 2 is 2.25 bits per heavy atom. The van der Waals surface area contributed by atoms with Gasteiger partial charge in [0.1, 0.15) is 0 Å². The zero-order valence-corrected chi connectivity index (χ0v) is 9.05. The topological polar surface area (TPSA) is 39.2 Å². The van der Waals surface area contributed by atoms with Gasteiger partial charge in [0, 0.05) is 0 Å². The number of alkyl halides is 2. The Balaban J connectivity index is 2.49. The van der Waals surface area contributed by atoms with Gasteiger partial charge in [0.25, 0.3) is 6.43 Å². The minimum Gasteiger partial charge on any atom is -0.465 e. The molecule has 0 saturated heterocycles. The van der Waals surface area contributed by atoms with Crippen molar-refractivity contribution in [1.29, 1.82) is 0 Å². The molecule has 0 amide bonds. The van der Waals surface area contributed by atoms with Crippen LogP contribution in [0, 0.1) is 0 Å². The normalized spacial score (nSPS) is 11.0. The summed E-state index contributed by atoms with van der Waals surface area (Å²) in [6.07, 6.45) is -2.58. The lowest BCUT2D eigenvalue weighted by Gasteiger charge is -1.97. The maximum atomic E-state index is 12.4. The third-order valence-electron chi connectivity index (χ3n) is 2.01. The number of aromatic nitrogens is 1. The second-order valence-corrected chi connectivity index (χ2v) is 4.09. The van der Waals surface area contributed by atoms with Crippen LogP contribution in [-0.2, 0) is 4.74 Å². The van der Waals surface area contributed by atoms with Crippen LogP contribution in [0.1, 0.15) is 21.8 Å². The number of nitrogens with zero attached hydrogens (tertiary/aromatic N) is 1. The van der Waals surface area contributed by atoms with Crippen molar-refractivity contribution >= 4 is 27.5 Å². The minimum atomic E-state index is -2.58. The average Bonchev–Trinajstić information content (AvgIpc) is 2.70. The molecule has 3 nitrogen and oxygen atoms in total. The number of hydrogen-bond acceptors (Lipinski definition) is 4. The Morgan fingerprint density at radius 3 is 2.88 bits per heavy atom. The number of thiazole rings is 1. The Hall–Kier alpha value is -1.56. The molecule has 6 heteroatoms. The molecule has 0 N–H and O–H groups in total. The van der Waals surface area contributed by atoms with Crippen LogP contribution >= 0.6 is 11.3 Å².